The molecule has 1 atom stereocenters. The number of nitrogens with two attached hydrogens (primary N) is 1. The summed E-state index contributed by atoms with van der Waals surface area (Å²) in [5.41, 5.74) is 5.46. The summed E-state index contributed by atoms with van der Waals surface area (Å²) < 4.78 is 0.764. The first kappa shape index (κ1) is 13.1. The van der Waals surface area contributed by atoms with Gasteiger partial charge in [-0.2, -0.15) is 0 Å². The molecule has 1 aromatic rings. The van der Waals surface area contributed by atoms with Gasteiger partial charge < -0.3 is 16.0 Å². The predicted octanol–water partition coefficient (Wildman–Crippen LogP) is 1.12. The molecule has 2 rings (SSSR count). The molecule has 6 nitrogen and oxygen atoms in total. The number of carbonyl (C=O) groups excluding carboxylic acids is 1. The molecule has 1 aliphatic rings. The van der Waals surface area contributed by atoms with Crippen LogP contribution in [0, 0.1) is 0 Å². The van der Waals surface area contributed by atoms with Crippen molar-refractivity contribution in [3.63, 3.8) is 0 Å². The number of carbonyl (C=O) groups is 1. The third-order valence-corrected chi connectivity index (χ3v) is 3.84. The minimum atomic E-state index is -0.300. The Kier molecular flexibility index (Phi) is 4.00. The van der Waals surface area contributed by atoms with Gasteiger partial charge in [0.05, 0.1) is 0 Å². The van der Waals surface area contributed by atoms with Crippen molar-refractivity contribution in [1.29, 1.82) is 0 Å². The van der Waals surface area contributed by atoms with E-state index in [-0.39, 0.29) is 11.9 Å². The molecule has 1 unspecified atom stereocenters. The molecule has 1 aromatic heterocycles. The Balaban J connectivity index is 2.36. The van der Waals surface area contributed by atoms with E-state index in [1.807, 2.05) is 4.90 Å². The summed E-state index contributed by atoms with van der Waals surface area (Å²) in [6.45, 7) is 0.784. The highest BCUT2D eigenvalue weighted by atomic mass is 79.9. The molecule has 0 spiro atoms. The maximum Gasteiger partial charge on any atom is 0.240 e. The van der Waals surface area contributed by atoms with Gasteiger partial charge in [-0.15, -0.1) is 0 Å². The van der Waals surface area contributed by atoms with E-state index in [0.717, 1.165) is 36.1 Å². The van der Waals surface area contributed by atoms with E-state index < -0.39 is 0 Å². The second-order valence-electron chi connectivity index (χ2n) is 4.22. The molecule has 0 bridgehead atoms. The molecule has 1 amide bonds. The lowest BCUT2D eigenvalue weighted by molar-refractivity contribution is -0.119. The van der Waals surface area contributed by atoms with E-state index in [1.54, 1.807) is 7.05 Å². The molecule has 2 heterocycles. The maximum absolute atomic E-state index is 11.5. The number of aromatic nitrogens is 2. The van der Waals surface area contributed by atoms with Gasteiger partial charge >= 0.3 is 0 Å². The van der Waals surface area contributed by atoms with E-state index in [9.17, 15) is 4.79 Å². The molecule has 98 valence electrons. The van der Waals surface area contributed by atoms with Crippen LogP contribution in [0.25, 0.3) is 0 Å². The molecule has 7 heteroatoms. The van der Waals surface area contributed by atoms with Crippen LogP contribution in [-0.4, -0.2) is 35.5 Å². The summed E-state index contributed by atoms with van der Waals surface area (Å²) >= 11 is 3.47. The zero-order chi connectivity index (χ0) is 13.1. The van der Waals surface area contributed by atoms with Crippen molar-refractivity contribution in [2.75, 3.05) is 23.8 Å². The van der Waals surface area contributed by atoms with Crippen molar-refractivity contribution in [1.82, 2.24) is 9.97 Å². The molecule has 1 fully saturated rings. The Morgan fingerprint density at radius 1 is 1.56 bits per heavy atom. The first-order chi connectivity index (χ1) is 8.65. The Morgan fingerprint density at radius 2 is 2.33 bits per heavy atom. The van der Waals surface area contributed by atoms with E-state index >= 15 is 0 Å². The van der Waals surface area contributed by atoms with E-state index in [2.05, 4.69) is 31.2 Å². The van der Waals surface area contributed by atoms with Gasteiger partial charge in [0.2, 0.25) is 5.91 Å². The molecule has 0 aliphatic carbocycles. The molecular formula is C11H16BrN5O. The van der Waals surface area contributed by atoms with Gasteiger partial charge in [0.25, 0.3) is 0 Å². The lowest BCUT2D eigenvalue weighted by Crippen LogP contribution is -2.48. The van der Waals surface area contributed by atoms with E-state index in [4.69, 9.17) is 5.73 Å². The van der Waals surface area contributed by atoms with Crippen LogP contribution < -0.4 is 16.0 Å². The van der Waals surface area contributed by atoms with Crippen molar-refractivity contribution in [3.05, 3.63) is 10.8 Å². The molecule has 1 saturated heterocycles. The minimum Gasteiger partial charge on any atom is -0.372 e. The first-order valence-electron chi connectivity index (χ1n) is 5.89. The van der Waals surface area contributed by atoms with Gasteiger partial charge in [0.15, 0.2) is 0 Å². The number of anilines is 2. The SMILES string of the molecule is CNc1ncnc(N2CCCCC2C(N)=O)c1Br. The summed E-state index contributed by atoms with van der Waals surface area (Å²) in [6.07, 6.45) is 4.32. The fourth-order valence-corrected chi connectivity index (χ4v) is 2.85. The Morgan fingerprint density at radius 3 is 3.00 bits per heavy atom. The van der Waals surface area contributed by atoms with Crippen molar-refractivity contribution < 1.29 is 4.79 Å². The number of nitrogens with zero attached hydrogens (tertiary/aromatic N) is 3. The van der Waals surface area contributed by atoms with Crippen LogP contribution >= 0.6 is 15.9 Å². The van der Waals surface area contributed by atoms with Gasteiger partial charge in [0, 0.05) is 13.6 Å². The minimum absolute atomic E-state index is 0.283. The second kappa shape index (κ2) is 5.51. The lowest BCUT2D eigenvalue weighted by Gasteiger charge is -2.35. The fraction of sp³-hybridized carbons (Fsp3) is 0.545. The second-order valence-corrected chi connectivity index (χ2v) is 5.01. The topological polar surface area (TPSA) is 84.1 Å². The lowest BCUT2D eigenvalue weighted by atomic mass is 10.0. The fourth-order valence-electron chi connectivity index (χ4n) is 2.22. The van der Waals surface area contributed by atoms with E-state index in [0.29, 0.717) is 5.82 Å². The summed E-state index contributed by atoms with van der Waals surface area (Å²) in [5, 5.41) is 2.98. The number of hydrogen-bond acceptors (Lipinski definition) is 5. The van der Waals surface area contributed by atoms with Crippen molar-refractivity contribution >= 4 is 33.5 Å². The number of halogens is 1. The molecule has 0 radical (unpaired) electrons. The molecular weight excluding hydrogens is 298 g/mol. The molecule has 1 aliphatic heterocycles. The van der Waals surface area contributed by atoms with Crippen LogP contribution in [0.3, 0.4) is 0 Å². The monoisotopic (exact) mass is 313 g/mol. The molecule has 18 heavy (non-hydrogen) atoms. The normalized spacial score (nSPS) is 19.7. The standard InChI is InChI=1S/C11H16BrN5O/c1-14-10-8(12)11(16-6-15-10)17-5-3-2-4-7(17)9(13)18/h6-7H,2-5H2,1H3,(H2,13,18)(H,14,15,16). The highest BCUT2D eigenvalue weighted by Crippen LogP contribution is 2.32. The zero-order valence-corrected chi connectivity index (χ0v) is 11.8. The molecule has 0 saturated carbocycles. The van der Waals surface area contributed by atoms with Crippen molar-refractivity contribution in [3.8, 4) is 0 Å². The highest BCUT2D eigenvalue weighted by molar-refractivity contribution is 9.10. The highest BCUT2D eigenvalue weighted by Gasteiger charge is 2.29. The Labute approximate surface area is 114 Å². The Bertz CT molecular complexity index is 453. The van der Waals surface area contributed by atoms with Crippen LogP contribution in [0.1, 0.15) is 19.3 Å². The van der Waals surface area contributed by atoms with E-state index in [1.165, 1.54) is 6.33 Å². The smallest absolute Gasteiger partial charge is 0.240 e. The van der Waals surface area contributed by atoms with Gasteiger partial charge in [-0.1, -0.05) is 0 Å². The van der Waals surface area contributed by atoms with Crippen molar-refractivity contribution in [2.24, 2.45) is 5.73 Å². The average molecular weight is 314 g/mol. The van der Waals surface area contributed by atoms with Crippen LogP contribution in [0.2, 0.25) is 0 Å². The third kappa shape index (κ3) is 2.40. The Hall–Kier alpha value is -1.37. The molecule has 3 N–H and O–H groups in total. The number of nitrogens with one attached hydrogen (secondary N) is 1. The molecule has 0 aromatic carbocycles. The number of primary amides is 1. The van der Waals surface area contributed by atoms with Gasteiger partial charge in [-0.25, -0.2) is 9.97 Å². The number of piperidine rings is 1. The third-order valence-electron chi connectivity index (χ3n) is 3.11. The van der Waals surface area contributed by atoms with Gasteiger partial charge in [0.1, 0.15) is 28.5 Å². The quantitative estimate of drug-likeness (QED) is 0.873. The maximum atomic E-state index is 11.5. The first-order valence-corrected chi connectivity index (χ1v) is 6.68. The van der Waals surface area contributed by atoms with Gasteiger partial charge in [-0.05, 0) is 35.2 Å². The summed E-state index contributed by atoms with van der Waals surface area (Å²) in [7, 11) is 1.79. The van der Waals surface area contributed by atoms with Gasteiger partial charge in [-0.3, -0.25) is 4.79 Å². The summed E-state index contributed by atoms with van der Waals surface area (Å²) in [5.74, 6) is 1.12. The van der Waals surface area contributed by atoms with Crippen LogP contribution in [-0.2, 0) is 4.79 Å². The van der Waals surface area contributed by atoms with Crippen LogP contribution in [0.15, 0.2) is 10.8 Å². The number of amides is 1. The average Bonchev–Trinajstić information content (AvgIpc) is 2.39. The van der Waals surface area contributed by atoms with Crippen LogP contribution in [0.5, 0.6) is 0 Å². The predicted molar refractivity (Wildman–Crippen MR) is 73.5 cm³/mol. The zero-order valence-electron chi connectivity index (χ0n) is 10.2. The summed E-state index contributed by atoms with van der Waals surface area (Å²) in [6, 6.07) is -0.283. The summed E-state index contributed by atoms with van der Waals surface area (Å²) in [4.78, 5) is 21.8. The van der Waals surface area contributed by atoms with Crippen LogP contribution in [0.4, 0.5) is 11.6 Å². The largest absolute Gasteiger partial charge is 0.372 e. The number of rotatable bonds is 3. The number of hydrogen-bond donors (Lipinski definition) is 2. The van der Waals surface area contributed by atoms with Crippen molar-refractivity contribution in [2.45, 2.75) is 25.3 Å².